The number of benzene rings is 2. The molecule has 0 aromatic heterocycles. The first-order valence-corrected chi connectivity index (χ1v) is 9.28. The second kappa shape index (κ2) is 7.98. The minimum Gasteiger partial charge on any atom is -0.374 e. The summed E-state index contributed by atoms with van der Waals surface area (Å²) in [6.45, 7) is 1.67. The molecule has 138 valence electrons. The maximum Gasteiger partial charge on any atom is 0.251 e. The molecule has 26 heavy (non-hydrogen) atoms. The fourth-order valence-corrected chi connectivity index (χ4v) is 2.70. The Morgan fingerprint density at radius 1 is 1.04 bits per heavy atom. The number of amides is 2. The average Bonchev–Trinajstić information content (AvgIpc) is 2.60. The van der Waals surface area contributed by atoms with Crippen molar-refractivity contribution >= 4 is 33.2 Å². The average molecular weight is 376 g/mol. The quantitative estimate of drug-likeness (QED) is 0.600. The van der Waals surface area contributed by atoms with Crippen LogP contribution in [0.15, 0.2) is 53.4 Å². The van der Waals surface area contributed by atoms with Gasteiger partial charge in [-0.05, 0) is 49.4 Å². The summed E-state index contributed by atoms with van der Waals surface area (Å²) in [5.74, 6) is -0.542. The van der Waals surface area contributed by atoms with Crippen molar-refractivity contribution in [1.29, 1.82) is 0 Å². The van der Waals surface area contributed by atoms with Crippen molar-refractivity contribution in [3.63, 3.8) is 0 Å². The van der Waals surface area contributed by atoms with Gasteiger partial charge < -0.3 is 16.0 Å². The zero-order valence-electron chi connectivity index (χ0n) is 14.3. The lowest BCUT2D eigenvalue weighted by molar-refractivity contribution is -0.116. The number of carbonyl (C=O) groups excluding carboxylic acids is 2. The number of hydrogen-bond acceptors (Lipinski definition) is 5. The van der Waals surface area contributed by atoms with Crippen LogP contribution in [0, 0.1) is 0 Å². The van der Waals surface area contributed by atoms with E-state index in [-0.39, 0.29) is 16.7 Å². The molecular formula is C17H20N4O4S. The molecule has 0 unspecified atom stereocenters. The van der Waals surface area contributed by atoms with Crippen LogP contribution in [0.25, 0.3) is 0 Å². The van der Waals surface area contributed by atoms with Gasteiger partial charge in [0, 0.05) is 24.0 Å². The number of nitrogens with one attached hydrogen (secondary N) is 3. The minimum atomic E-state index is -3.78. The molecule has 2 rings (SSSR count). The molecule has 0 saturated carbocycles. The highest BCUT2D eigenvalue weighted by Gasteiger charge is 2.14. The van der Waals surface area contributed by atoms with Gasteiger partial charge in [0.25, 0.3) is 5.91 Å². The van der Waals surface area contributed by atoms with E-state index in [0.717, 1.165) is 0 Å². The molecule has 0 heterocycles. The Morgan fingerprint density at radius 3 is 2.27 bits per heavy atom. The smallest absolute Gasteiger partial charge is 0.251 e. The number of nitrogens with two attached hydrogens (primary N) is 1. The third-order valence-corrected chi connectivity index (χ3v) is 4.51. The SMILES string of the molecule is CNC(=O)c1cccc(N[C@@H](C)C(=O)Nc2ccc(S(N)(=O)=O)cc2)c1. The Labute approximate surface area is 151 Å². The number of anilines is 2. The van der Waals surface area contributed by atoms with Gasteiger partial charge in [0.2, 0.25) is 15.9 Å². The topological polar surface area (TPSA) is 130 Å². The molecule has 0 saturated heterocycles. The maximum atomic E-state index is 12.3. The van der Waals surface area contributed by atoms with E-state index in [9.17, 15) is 18.0 Å². The zero-order chi connectivity index (χ0) is 19.3. The summed E-state index contributed by atoms with van der Waals surface area (Å²) in [5.41, 5.74) is 1.54. The predicted octanol–water partition coefficient (Wildman–Crippen LogP) is 1.13. The van der Waals surface area contributed by atoms with Crippen molar-refractivity contribution in [2.24, 2.45) is 5.14 Å². The lowest BCUT2D eigenvalue weighted by Crippen LogP contribution is -2.32. The summed E-state index contributed by atoms with van der Waals surface area (Å²) in [6, 6.07) is 11.7. The molecule has 0 radical (unpaired) electrons. The van der Waals surface area contributed by atoms with Crippen LogP contribution in [-0.2, 0) is 14.8 Å². The first kappa shape index (κ1) is 19.4. The van der Waals surface area contributed by atoms with Gasteiger partial charge in [-0.25, -0.2) is 13.6 Å². The summed E-state index contributed by atoms with van der Waals surface area (Å²) < 4.78 is 22.5. The van der Waals surface area contributed by atoms with Gasteiger partial charge in [0.05, 0.1) is 4.90 Å². The van der Waals surface area contributed by atoms with E-state index in [1.165, 1.54) is 24.3 Å². The number of carbonyl (C=O) groups is 2. The molecular weight excluding hydrogens is 356 g/mol. The monoisotopic (exact) mass is 376 g/mol. The molecule has 9 heteroatoms. The first-order valence-electron chi connectivity index (χ1n) is 7.73. The lowest BCUT2D eigenvalue weighted by atomic mass is 10.1. The van der Waals surface area contributed by atoms with E-state index in [1.54, 1.807) is 38.2 Å². The second-order valence-corrected chi connectivity index (χ2v) is 7.15. The first-order chi connectivity index (χ1) is 12.2. The number of sulfonamides is 1. The molecule has 1 atom stereocenters. The fraction of sp³-hybridized carbons (Fsp3) is 0.176. The normalized spacial score (nSPS) is 12.1. The number of rotatable bonds is 6. The van der Waals surface area contributed by atoms with Gasteiger partial charge in [-0.2, -0.15) is 0 Å². The molecule has 2 amide bonds. The third kappa shape index (κ3) is 5.04. The second-order valence-electron chi connectivity index (χ2n) is 5.58. The van der Waals surface area contributed by atoms with Gasteiger partial charge in [0.15, 0.2) is 0 Å². The molecule has 0 fully saturated rings. The van der Waals surface area contributed by atoms with Crippen LogP contribution in [0.2, 0.25) is 0 Å². The Balaban J connectivity index is 2.03. The largest absolute Gasteiger partial charge is 0.374 e. The Kier molecular flexibility index (Phi) is 5.96. The highest BCUT2D eigenvalue weighted by Crippen LogP contribution is 2.15. The van der Waals surface area contributed by atoms with Crippen LogP contribution >= 0.6 is 0 Å². The van der Waals surface area contributed by atoms with Crippen molar-refractivity contribution in [2.75, 3.05) is 17.7 Å². The van der Waals surface area contributed by atoms with Crippen molar-refractivity contribution in [3.05, 3.63) is 54.1 Å². The van der Waals surface area contributed by atoms with Crippen LogP contribution in [0.1, 0.15) is 17.3 Å². The highest BCUT2D eigenvalue weighted by atomic mass is 32.2. The van der Waals surface area contributed by atoms with Crippen molar-refractivity contribution in [2.45, 2.75) is 17.9 Å². The molecule has 5 N–H and O–H groups in total. The maximum absolute atomic E-state index is 12.3. The van der Waals surface area contributed by atoms with Gasteiger partial charge in [-0.15, -0.1) is 0 Å². The Morgan fingerprint density at radius 2 is 1.69 bits per heavy atom. The molecule has 0 aliphatic carbocycles. The van der Waals surface area contributed by atoms with E-state index >= 15 is 0 Å². The van der Waals surface area contributed by atoms with Crippen molar-refractivity contribution in [3.8, 4) is 0 Å². The van der Waals surface area contributed by atoms with Crippen molar-refractivity contribution < 1.29 is 18.0 Å². The summed E-state index contributed by atoms with van der Waals surface area (Å²) in [7, 11) is -2.23. The molecule has 0 bridgehead atoms. The molecule has 2 aromatic carbocycles. The Hall–Kier alpha value is -2.91. The lowest BCUT2D eigenvalue weighted by Gasteiger charge is -2.16. The van der Waals surface area contributed by atoms with Crippen LogP contribution < -0.4 is 21.1 Å². The fourth-order valence-electron chi connectivity index (χ4n) is 2.19. The number of hydrogen-bond donors (Lipinski definition) is 4. The highest BCUT2D eigenvalue weighted by molar-refractivity contribution is 7.89. The van der Waals surface area contributed by atoms with Gasteiger partial charge in [-0.3, -0.25) is 9.59 Å². The van der Waals surface area contributed by atoms with E-state index in [4.69, 9.17) is 5.14 Å². The summed E-state index contributed by atoms with van der Waals surface area (Å²) in [4.78, 5) is 23.9. The van der Waals surface area contributed by atoms with Gasteiger partial charge in [-0.1, -0.05) is 6.07 Å². The summed E-state index contributed by atoms with van der Waals surface area (Å²) >= 11 is 0. The van der Waals surface area contributed by atoms with Crippen LogP contribution in [-0.4, -0.2) is 33.3 Å². The molecule has 0 aliphatic rings. The van der Waals surface area contributed by atoms with E-state index < -0.39 is 16.1 Å². The van der Waals surface area contributed by atoms with E-state index in [0.29, 0.717) is 16.9 Å². The van der Waals surface area contributed by atoms with Crippen LogP contribution in [0.4, 0.5) is 11.4 Å². The summed E-state index contributed by atoms with van der Waals surface area (Å²) in [5, 5.41) is 13.2. The van der Waals surface area contributed by atoms with Crippen LogP contribution in [0.5, 0.6) is 0 Å². The van der Waals surface area contributed by atoms with Crippen molar-refractivity contribution in [1.82, 2.24) is 5.32 Å². The molecule has 2 aromatic rings. The minimum absolute atomic E-state index is 0.0345. The van der Waals surface area contributed by atoms with E-state index in [1.807, 2.05) is 0 Å². The molecule has 8 nitrogen and oxygen atoms in total. The molecule has 0 spiro atoms. The van der Waals surface area contributed by atoms with Crippen LogP contribution in [0.3, 0.4) is 0 Å². The third-order valence-electron chi connectivity index (χ3n) is 3.58. The van der Waals surface area contributed by atoms with Gasteiger partial charge in [0.1, 0.15) is 6.04 Å². The summed E-state index contributed by atoms with van der Waals surface area (Å²) in [6.07, 6.45) is 0. The predicted molar refractivity (Wildman–Crippen MR) is 99.4 cm³/mol. The standard InChI is InChI=1S/C17H20N4O4S/c1-11(20-14-5-3-4-12(10-14)17(23)19-2)16(22)21-13-6-8-15(9-7-13)26(18,24)25/h3-11,20H,1-2H3,(H,19,23)(H,21,22)(H2,18,24,25)/t11-/m0/s1. The number of primary sulfonamides is 1. The Bertz CT molecular complexity index is 911. The zero-order valence-corrected chi connectivity index (χ0v) is 15.1. The van der Waals surface area contributed by atoms with E-state index in [2.05, 4.69) is 16.0 Å². The van der Waals surface area contributed by atoms with Gasteiger partial charge >= 0.3 is 0 Å². The molecule has 0 aliphatic heterocycles.